The molecule has 0 bridgehead atoms. The standard InChI is InChI=1S/C16H13Cl/c17-15-11-5-10-14(12-6-1-2-7-12)16(15)13-8-3-4-9-13/h1-6,8,10-11H,7,9H2. The molecule has 2 aliphatic rings. The summed E-state index contributed by atoms with van der Waals surface area (Å²) in [6, 6.07) is 6.17. The molecule has 0 heterocycles. The fourth-order valence-corrected chi connectivity index (χ4v) is 2.69. The molecule has 0 unspecified atom stereocenters. The average Bonchev–Trinajstić information content (AvgIpc) is 3.02. The van der Waals surface area contributed by atoms with Gasteiger partial charge in [0.05, 0.1) is 0 Å². The summed E-state index contributed by atoms with van der Waals surface area (Å²) in [5.74, 6) is 0. The largest absolute Gasteiger partial charge is 0.0837 e. The quantitative estimate of drug-likeness (QED) is 0.680. The van der Waals surface area contributed by atoms with Gasteiger partial charge < -0.3 is 0 Å². The van der Waals surface area contributed by atoms with Gasteiger partial charge in [-0.2, -0.15) is 0 Å². The van der Waals surface area contributed by atoms with Crippen LogP contribution in [0.3, 0.4) is 0 Å². The molecular weight excluding hydrogens is 228 g/mol. The van der Waals surface area contributed by atoms with Crippen molar-refractivity contribution in [1.82, 2.24) is 0 Å². The second-order valence-electron chi connectivity index (χ2n) is 4.31. The third kappa shape index (κ3) is 1.89. The van der Waals surface area contributed by atoms with Crippen molar-refractivity contribution >= 4 is 22.7 Å². The van der Waals surface area contributed by atoms with E-state index in [0.29, 0.717) is 0 Å². The van der Waals surface area contributed by atoms with Crippen molar-refractivity contribution in [2.24, 2.45) is 0 Å². The first-order chi connectivity index (χ1) is 8.36. The molecule has 0 spiro atoms. The number of rotatable bonds is 2. The summed E-state index contributed by atoms with van der Waals surface area (Å²) in [6.45, 7) is 0. The molecule has 2 aliphatic carbocycles. The number of benzene rings is 1. The average molecular weight is 241 g/mol. The van der Waals surface area contributed by atoms with Crippen LogP contribution in [0.15, 0.2) is 54.7 Å². The van der Waals surface area contributed by atoms with Gasteiger partial charge in [-0.05, 0) is 35.6 Å². The molecule has 0 saturated heterocycles. The van der Waals surface area contributed by atoms with E-state index in [1.54, 1.807) is 0 Å². The molecule has 3 rings (SSSR count). The SMILES string of the molecule is Clc1cccc(C2=CC=CC2)c1C1=CC=CC1. The molecule has 17 heavy (non-hydrogen) atoms. The highest BCUT2D eigenvalue weighted by atomic mass is 35.5. The van der Waals surface area contributed by atoms with Gasteiger partial charge in [0.25, 0.3) is 0 Å². The molecule has 84 valence electrons. The first-order valence-corrected chi connectivity index (χ1v) is 6.25. The van der Waals surface area contributed by atoms with E-state index in [-0.39, 0.29) is 0 Å². The van der Waals surface area contributed by atoms with Crippen LogP contribution in [0.25, 0.3) is 11.1 Å². The van der Waals surface area contributed by atoms with Crippen molar-refractivity contribution in [3.8, 4) is 0 Å². The predicted molar refractivity (Wildman–Crippen MR) is 74.9 cm³/mol. The Kier molecular flexibility index (Phi) is 2.74. The summed E-state index contributed by atoms with van der Waals surface area (Å²) in [7, 11) is 0. The Bertz CT molecular complexity index is 571. The van der Waals surface area contributed by atoms with Crippen LogP contribution in [0.5, 0.6) is 0 Å². The molecule has 0 amide bonds. The summed E-state index contributed by atoms with van der Waals surface area (Å²) in [4.78, 5) is 0. The Morgan fingerprint density at radius 1 is 0.882 bits per heavy atom. The van der Waals surface area contributed by atoms with E-state index in [1.807, 2.05) is 12.1 Å². The number of hydrogen-bond donors (Lipinski definition) is 0. The van der Waals surface area contributed by atoms with Gasteiger partial charge in [0.15, 0.2) is 0 Å². The van der Waals surface area contributed by atoms with Crippen LogP contribution in [-0.2, 0) is 0 Å². The maximum absolute atomic E-state index is 6.37. The molecule has 0 nitrogen and oxygen atoms in total. The molecule has 0 aliphatic heterocycles. The molecule has 1 aromatic carbocycles. The molecule has 0 atom stereocenters. The maximum atomic E-state index is 6.37. The summed E-state index contributed by atoms with van der Waals surface area (Å²) < 4.78 is 0. The van der Waals surface area contributed by atoms with E-state index in [2.05, 4.69) is 42.5 Å². The number of hydrogen-bond acceptors (Lipinski definition) is 0. The van der Waals surface area contributed by atoms with Gasteiger partial charge in [-0.1, -0.05) is 60.2 Å². The monoisotopic (exact) mass is 240 g/mol. The van der Waals surface area contributed by atoms with Gasteiger partial charge in [0.1, 0.15) is 0 Å². The first kappa shape index (κ1) is 10.6. The summed E-state index contributed by atoms with van der Waals surface area (Å²) in [5.41, 5.74) is 5.15. The van der Waals surface area contributed by atoms with Gasteiger partial charge in [0.2, 0.25) is 0 Å². The highest BCUT2D eigenvalue weighted by molar-refractivity contribution is 6.32. The zero-order chi connectivity index (χ0) is 11.7. The Hall–Kier alpha value is -1.53. The van der Waals surface area contributed by atoms with Crippen molar-refractivity contribution in [1.29, 1.82) is 0 Å². The summed E-state index contributed by atoms with van der Waals surface area (Å²) >= 11 is 6.37. The lowest BCUT2D eigenvalue weighted by Gasteiger charge is -2.13. The molecule has 1 heteroatoms. The fraction of sp³-hybridized carbons (Fsp3) is 0.125. The van der Waals surface area contributed by atoms with Crippen LogP contribution in [0.4, 0.5) is 0 Å². The van der Waals surface area contributed by atoms with Gasteiger partial charge in [-0.15, -0.1) is 0 Å². The van der Waals surface area contributed by atoms with E-state index >= 15 is 0 Å². The van der Waals surface area contributed by atoms with E-state index in [1.165, 1.54) is 22.3 Å². The lowest BCUT2D eigenvalue weighted by molar-refractivity contribution is 1.37. The molecule has 0 saturated carbocycles. The van der Waals surface area contributed by atoms with Gasteiger partial charge in [-0.25, -0.2) is 0 Å². The van der Waals surface area contributed by atoms with Crippen LogP contribution in [-0.4, -0.2) is 0 Å². The van der Waals surface area contributed by atoms with Crippen LogP contribution >= 0.6 is 11.6 Å². The lowest BCUT2D eigenvalue weighted by Crippen LogP contribution is -1.92. The van der Waals surface area contributed by atoms with Crippen LogP contribution in [0, 0.1) is 0 Å². The second-order valence-corrected chi connectivity index (χ2v) is 4.72. The van der Waals surface area contributed by atoms with E-state index in [0.717, 1.165) is 17.9 Å². The second kappa shape index (κ2) is 4.38. The van der Waals surface area contributed by atoms with Crippen molar-refractivity contribution in [2.45, 2.75) is 12.8 Å². The maximum Gasteiger partial charge on any atom is 0.0487 e. The molecule has 0 N–H and O–H groups in total. The van der Waals surface area contributed by atoms with Crippen molar-refractivity contribution in [3.05, 3.63) is 70.8 Å². The Morgan fingerprint density at radius 2 is 1.59 bits per heavy atom. The summed E-state index contributed by atoms with van der Waals surface area (Å²) in [6.07, 6.45) is 14.9. The van der Waals surface area contributed by atoms with Gasteiger partial charge in [-0.3, -0.25) is 0 Å². The predicted octanol–water partition coefficient (Wildman–Crippen LogP) is 5.03. The van der Waals surface area contributed by atoms with Crippen molar-refractivity contribution in [2.75, 3.05) is 0 Å². The summed E-state index contributed by atoms with van der Waals surface area (Å²) in [5, 5.41) is 0.852. The minimum absolute atomic E-state index is 0.852. The third-order valence-electron chi connectivity index (χ3n) is 3.22. The van der Waals surface area contributed by atoms with Gasteiger partial charge in [0, 0.05) is 10.6 Å². The highest BCUT2D eigenvalue weighted by Crippen LogP contribution is 2.37. The van der Waals surface area contributed by atoms with Crippen LogP contribution in [0.1, 0.15) is 24.0 Å². The zero-order valence-electron chi connectivity index (χ0n) is 9.49. The normalized spacial score (nSPS) is 17.5. The lowest BCUT2D eigenvalue weighted by atomic mass is 9.93. The molecule has 0 fully saturated rings. The van der Waals surface area contributed by atoms with E-state index in [4.69, 9.17) is 11.6 Å². The van der Waals surface area contributed by atoms with E-state index in [9.17, 15) is 0 Å². The molecule has 0 aromatic heterocycles. The van der Waals surface area contributed by atoms with Crippen LogP contribution in [0.2, 0.25) is 5.02 Å². The molecule has 1 aromatic rings. The van der Waals surface area contributed by atoms with E-state index < -0.39 is 0 Å². The van der Waals surface area contributed by atoms with Gasteiger partial charge >= 0.3 is 0 Å². The Balaban J connectivity index is 2.12. The molecule has 0 radical (unpaired) electrons. The zero-order valence-corrected chi connectivity index (χ0v) is 10.2. The number of allylic oxidation sites excluding steroid dienone is 8. The topological polar surface area (TPSA) is 0 Å². The first-order valence-electron chi connectivity index (χ1n) is 5.87. The van der Waals surface area contributed by atoms with Crippen molar-refractivity contribution < 1.29 is 0 Å². The molecular formula is C16H13Cl. The Morgan fingerprint density at radius 3 is 2.24 bits per heavy atom. The highest BCUT2D eigenvalue weighted by Gasteiger charge is 2.15. The van der Waals surface area contributed by atoms with Crippen molar-refractivity contribution in [3.63, 3.8) is 0 Å². The fourth-order valence-electron chi connectivity index (χ4n) is 2.40. The smallest absolute Gasteiger partial charge is 0.0487 e. The number of halogens is 1. The van der Waals surface area contributed by atoms with Crippen LogP contribution < -0.4 is 0 Å². The third-order valence-corrected chi connectivity index (χ3v) is 3.54. The minimum Gasteiger partial charge on any atom is -0.0837 e. The minimum atomic E-state index is 0.852. The Labute approximate surface area is 107 Å².